The highest BCUT2D eigenvalue weighted by Crippen LogP contribution is 2.28. The fourth-order valence-electron chi connectivity index (χ4n) is 3.11. The molecule has 0 saturated carbocycles. The van der Waals surface area contributed by atoms with Crippen molar-refractivity contribution in [1.29, 1.82) is 0 Å². The highest BCUT2D eigenvalue weighted by molar-refractivity contribution is 5.94. The Kier molecular flexibility index (Phi) is 3.04. The Morgan fingerprint density at radius 1 is 1.33 bits per heavy atom. The number of hydrogen-bond acceptors (Lipinski definition) is 2. The molecule has 2 heterocycles. The molecule has 0 aliphatic carbocycles. The van der Waals surface area contributed by atoms with E-state index in [-0.39, 0.29) is 17.5 Å². The lowest BCUT2D eigenvalue weighted by Gasteiger charge is -2.37. The van der Waals surface area contributed by atoms with Crippen molar-refractivity contribution in [3.05, 3.63) is 35.6 Å². The van der Waals surface area contributed by atoms with Crippen LogP contribution in [0.2, 0.25) is 0 Å². The summed E-state index contributed by atoms with van der Waals surface area (Å²) < 4.78 is 13.7. The summed E-state index contributed by atoms with van der Waals surface area (Å²) in [6.45, 7) is 2.56. The van der Waals surface area contributed by atoms with Crippen LogP contribution >= 0.6 is 0 Å². The first-order chi connectivity index (χ1) is 8.77. The van der Waals surface area contributed by atoms with Crippen molar-refractivity contribution >= 4 is 5.91 Å². The second-order valence-electron chi connectivity index (χ2n) is 5.11. The van der Waals surface area contributed by atoms with Gasteiger partial charge in [-0.2, -0.15) is 0 Å². The standard InChI is InChI=1S/C14H17FN2O/c15-12-6-2-1-5-11(12)14(18)17-7-3-4-10-8-16-9-13(10)17/h1-2,5-6,10,13,16H,3-4,7-9H2. The largest absolute Gasteiger partial charge is 0.334 e. The van der Waals surface area contributed by atoms with Crippen LogP contribution < -0.4 is 5.32 Å². The summed E-state index contributed by atoms with van der Waals surface area (Å²) in [4.78, 5) is 14.3. The number of nitrogens with zero attached hydrogens (tertiary/aromatic N) is 1. The van der Waals surface area contributed by atoms with Crippen LogP contribution in [-0.2, 0) is 0 Å². The molecule has 4 heteroatoms. The van der Waals surface area contributed by atoms with E-state index in [4.69, 9.17) is 0 Å². The first-order valence-electron chi connectivity index (χ1n) is 6.53. The molecule has 3 rings (SSSR count). The van der Waals surface area contributed by atoms with E-state index in [9.17, 15) is 9.18 Å². The molecule has 2 aliphatic heterocycles. The number of halogens is 1. The molecule has 1 aromatic rings. The molecule has 1 aromatic carbocycles. The number of carbonyl (C=O) groups is 1. The molecular weight excluding hydrogens is 231 g/mol. The maximum absolute atomic E-state index is 13.7. The van der Waals surface area contributed by atoms with Crippen molar-refractivity contribution < 1.29 is 9.18 Å². The van der Waals surface area contributed by atoms with E-state index in [1.807, 2.05) is 4.90 Å². The summed E-state index contributed by atoms with van der Waals surface area (Å²) in [7, 11) is 0. The highest BCUT2D eigenvalue weighted by Gasteiger charge is 2.37. The minimum atomic E-state index is -0.421. The van der Waals surface area contributed by atoms with Crippen LogP contribution in [0.5, 0.6) is 0 Å². The van der Waals surface area contributed by atoms with Gasteiger partial charge in [-0.3, -0.25) is 4.79 Å². The third-order valence-corrected chi connectivity index (χ3v) is 4.04. The van der Waals surface area contributed by atoms with Crippen molar-refractivity contribution in [3.63, 3.8) is 0 Å². The fourth-order valence-corrected chi connectivity index (χ4v) is 3.11. The van der Waals surface area contributed by atoms with Crippen molar-refractivity contribution in [1.82, 2.24) is 10.2 Å². The summed E-state index contributed by atoms with van der Waals surface area (Å²) in [5.74, 6) is -0.0449. The molecule has 2 fully saturated rings. The van der Waals surface area contributed by atoms with E-state index < -0.39 is 5.82 Å². The molecule has 2 unspecified atom stereocenters. The predicted molar refractivity (Wildman–Crippen MR) is 66.8 cm³/mol. The molecule has 96 valence electrons. The predicted octanol–water partition coefficient (Wildman–Crippen LogP) is 1.65. The zero-order valence-corrected chi connectivity index (χ0v) is 10.2. The topological polar surface area (TPSA) is 32.3 Å². The lowest BCUT2D eigenvalue weighted by Crippen LogP contribution is -2.48. The molecule has 2 aliphatic rings. The number of nitrogens with one attached hydrogen (secondary N) is 1. The quantitative estimate of drug-likeness (QED) is 0.819. The van der Waals surface area contributed by atoms with Crippen LogP contribution in [0.15, 0.2) is 24.3 Å². The zero-order chi connectivity index (χ0) is 12.5. The highest BCUT2D eigenvalue weighted by atomic mass is 19.1. The Morgan fingerprint density at radius 2 is 2.17 bits per heavy atom. The average molecular weight is 248 g/mol. The molecule has 2 saturated heterocycles. The Morgan fingerprint density at radius 3 is 3.00 bits per heavy atom. The van der Waals surface area contributed by atoms with E-state index in [0.717, 1.165) is 26.1 Å². The average Bonchev–Trinajstić information content (AvgIpc) is 2.86. The maximum Gasteiger partial charge on any atom is 0.257 e. The van der Waals surface area contributed by atoms with Crippen molar-refractivity contribution in [2.45, 2.75) is 18.9 Å². The Balaban J connectivity index is 1.86. The normalized spacial score (nSPS) is 27.1. The number of amides is 1. The molecule has 0 bridgehead atoms. The molecule has 3 nitrogen and oxygen atoms in total. The number of carbonyl (C=O) groups excluding carboxylic acids is 1. The monoisotopic (exact) mass is 248 g/mol. The third-order valence-electron chi connectivity index (χ3n) is 4.04. The molecule has 0 spiro atoms. The minimum absolute atomic E-state index is 0.161. The van der Waals surface area contributed by atoms with Gasteiger partial charge >= 0.3 is 0 Å². The van der Waals surface area contributed by atoms with Gasteiger partial charge in [0, 0.05) is 25.7 Å². The second kappa shape index (κ2) is 4.69. The number of rotatable bonds is 1. The number of fused-ring (bicyclic) bond motifs is 1. The first-order valence-corrected chi connectivity index (χ1v) is 6.53. The number of piperidine rings is 1. The van der Waals surface area contributed by atoms with Crippen LogP contribution in [0.1, 0.15) is 23.2 Å². The lowest BCUT2D eigenvalue weighted by molar-refractivity contribution is 0.0570. The first kappa shape index (κ1) is 11.7. The molecule has 0 aromatic heterocycles. The SMILES string of the molecule is O=C(c1ccccc1F)N1CCCC2CNCC21. The molecule has 1 amide bonds. The summed E-state index contributed by atoms with van der Waals surface area (Å²) >= 11 is 0. The summed E-state index contributed by atoms with van der Waals surface area (Å²) in [5, 5.41) is 3.33. The summed E-state index contributed by atoms with van der Waals surface area (Å²) in [5.41, 5.74) is 0.199. The number of hydrogen-bond donors (Lipinski definition) is 1. The summed E-state index contributed by atoms with van der Waals surface area (Å²) in [6, 6.07) is 6.49. The van der Waals surface area contributed by atoms with Crippen molar-refractivity contribution in [2.75, 3.05) is 19.6 Å². The maximum atomic E-state index is 13.7. The minimum Gasteiger partial charge on any atom is -0.334 e. The van der Waals surface area contributed by atoms with Gasteiger partial charge in [-0.1, -0.05) is 12.1 Å². The number of likely N-dealkylation sites (tertiary alicyclic amines) is 1. The van der Waals surface area contributed by atoms with E-state index in [2.05, 4.69) is 5.32 Å². The van der Waals surface area contributed by atoms with Crippen LogP contribution in [0.25, 0.3) is 0 Å². The number of benzene rings is 1. The molecule has 2 atom stereocenters. The van der Waals surface area contributed by atoms with Gasteiger partial charge in [0.2, 0.25) is 0 Å². The van der Waals surface area contributed by atoms with Crippen LogP contribution in [0, 0.1) is 11.7 Å². The van der Waals surface area contributed by atoms with Crippen LogP contribution in [-0.4, -0.2) is 36.5 Å². The lowest BCUT2D eigenvalue weighted by atomic mass is 9.91. The molecule has 18 heavy (non-hydrogen) atoms. The van der Waals surface area contributed by atoms with Crippen molar-refractivity contribution in [3.8, 4) is 0 Å². The van der Waals surface area contributed by atoms with Crippen molar-refractivity contribution in [2.24, 2.45) is 5.92 Å². The van der Waals surface area contributed by atoms with E-state index >= 15 is 0 Å². The smallest absolute Gasteiger partial charge is 0.257 e. The third kappa shape index (κ3) is 1.90. The Labute approximate surface area is 106 Å². The van der Waals surface area contributed by atoms with Gasteiger partial charge in [0.25, 0.3) is 5.91 Å². The van der Waals surface area contributed by atoms with Crippen LogP contribution in [0.3, 0.4) is 0 Å². The molecule has 0 radical (unpaired) electrons. The molecule has 1 N–H and O–H groups in total. The van der Waals surface area contributed by atoms with Gasteiger partial charge in [0.1, 0.15) is 5.82 Å². The van der Waals surface area contributed by atoms with Gasteiger partial charge in [-0.25, -0.2) is 4.39 Å². The zero-order valence-electron chi connectivity index (χ0n) is 10.2. The molecular formula is C14H17FN2O. The van der Waals surface area contributed by atoms with Gasteiger partial charge in [0.05, 0.1) is 5.56 Å². The Bertz CT molecular complexity index is 463. The fraction of sp³-hybridized carbons (Fsp3) is 0.500. The van der Waals surface area contributed by atoms with E-state index in [1.54, 1.807) is 18.2 Å². The van der Waals surface area contributed by atoms with E-state index in [0.29, 0.717) is 5.92 Å². The second-order valence-corrected chi connectivity index (χ2v) is 5.11. The van der Waals surface area contributed by atoms with Gasteiger partial charge in [0.15, 0.2) is 0 Å². The van der Waals surface area contributed by atoms with Gasteiger partial charge in [-0.15, -0.1) is 0 Å². The van der Waals surface area contributed by atoms with Gasteiger partial charge in [-0.05, 0) is 30.9 Å². The Hall–Kier alpha value is -1.42. The van der Waals surface area contributed by atoms with Crippen LogP contribution in [0.4, 0.5) is 4.39 Å². The summed E-state index contributed by atoms with van der Waals surface area (Å²) in [6.07, 6.45) is 2.18. The van der Waals surface area contributed by atoms with Gasteiger partial charge < -0.3 is 10.2 Å². The van der Waals surface area contributed by atoms with E-state index in [1.165, 1.54) is 12.5 Å².